The van der Waals surface area contributed by atoms with Gasteiger partial charge < -0.3 is 20.5 Å². The van der Waals surface area contributed by atoms with E-state index in [4.69, 9.17) is 15.2 Å². The molecule has 1 aromatic rings. The normalized spacial score (nSPS) is 11.8. The minimum Gasteiger partial charge on any atom is -0.493 e. The van der Waals surface area contributed by atoms with Crippen LogP contribution in [0.15, 0.2) is 18.2 Å². The maximum atomic E-state index is 11.2. The number of nitrogens with one attached hydrogen (secondary N) is 1. The highest BCUT2D eigenvalue weighted by molar-refractivity contribution is 5.75. The molecule has 1 aromatic carbocycles. The number of rotatable bonds is 9. The number of carbonyl (C=O) groups is 1. The zero-order valence-electron chi connectivity index (χ0n) is 13.1. The zero-order chi connectivity index (χ0) is 15.7. The van der Waals surface area contributed by atoms with Gasteiger partial charge in [-0.3, -0.25) is 4.79 Å². The Morgan fingerprint density at radius 1 is 1.33 bits per heavy atom. The summed E-state index contributed by atoms with van der Waals surface area (Å²) in [6, 6.07) is 5.83. The topological polar surface area (TPSA) is 73.6 Å². The summed E-state index contributed by atoms with van der Waals surface area (Å²) < 4.78 is 11.3. The van der Waals surface area contributed by atoms with Crippen molar-refractivity contribution in [3.05, 3.63) is 23.8 Å². The average molecular weight is 294 g/mol. The largest absolute Gasteiger partial charge is 0.493 e. The number of hydrogen-bond acceptors (Lipinski definition) is 4. The summed E-state index contributed by atoms with van der Waals surface area (Å²) in [5.41, 5.74) is 6.89. The lowest BCUT2D eigenvalue weighted by atomic mass is 10.1. The summed E-state index contributed by atoms with van der Waals surface area (Å²) in [7, 11) is 1.61. The number of hydrogen-bond donors (Lipinski definition) is 2. The van der Waals surface area contributed by atoms with E-state index in [1.54, 1.807) is 7.05 Å². The van der Waals surface area contributed by atoms with Crippen LogP contribution in [0.4, 0.5) is 0 Å². The van der Waals surface area contributed by atoms with Crippen molar-refractivity contribution in [1.29, 1.82) is 0 Å². The molecule has 0 aliphatic carbocycles. The lowest BCUT2D eigenvalue weighted by Gasteiger charge is -2.15. The lowest BCUT2D eigenvalue weighted by molar-refractivity contribution is -0.121. The van der Waals surface area contributed by atoms with Gasteiger partial charge in [-0.05, 0) is 31.4 Å². The van der Waals surface area contributed by atoms with Gasteiger partial charge in [-0.15, -0.1) is 0 Å². The van der Waals surface area contributed by atoms with Crippen molar-refractivity contribution < 1.29 is 14.3 Å². The number of ether oxygens (including phenoxy) is 2. The Morgan fingerprint density at radius 2 is 2.10 bits per heavy atom. The van der Waals surface area contributed by atoms with Gasteiger partial charge in [-0.2, -0.15) is 0 Å². The fourth-order valence-corrected chi connectivity index (χ4v) is 1.87. The van der Waals surface area contributed by atoms with Crippen LogP contribution in [0.25, 0.3) is 0 Å². The second-order valence-corrected chi connectivity index (χ2v) is 5.07. The highest BCUT2D eigenvalue weighted by Crippen LogP contribution is 2.26. The molecule has 0 fully saturated rings. The van der Waals surface area contributed by atoms with Crippen molar-refractivity contribution in [2.75, 3.05) is 20.3 Å². The first-order valence-corrected chi connectivity index (χ1v) is 7.41. The van der Waals surface area contributed by atoms with Crippen molar-refractivity contribution in [2.24, 2.45) is 5.73 Å². The van der Waals surface area contributed by atoms with Crippen molar-refractivity contribution in [3.8, 4) is 11.5 Å². The fourth-order valence-electron chi connectivity index (χ4n) is 1.87. The summed E-state index contributed by atoms with van der Waals surface area (Å²) in [5, 5.41) is 2.57. The van der Waals surface area contributed by atoms with Crippen LogP contribution < -0.4 is 20.5 Å². The summed E-state index contributed by atoms with van der Waals surface area (Å²) in [6.07, 6.45) is 2.01. The Labute approximate surface area is 126 Å². The van der Waals surface area contributed by atoms with Crippen LogP contribution in [0.1, 0.15) is 32.3 Å². The summed E-state index contributed by atoms with van der Waals surface area (Å²) in [5.74, 6) is 1.48. The summed E-state index contributed by atoms with van der Waals surface area (Å²) in [4.78, 5) is 11.2. The highest BCUT2D eigenvalue weighted by Gasteiger charge is 2.09. The molecule has 0 saturated carbocycles. The quantitative estimate of drug-likeness (QED) is 0.729. The Morgan fingerprint density at radius 3 is 2.71 bits per heavy atom. The van der Waals surface area contributed by atoms with Gasteiger partial charge in [0.2, 0.25) is 5.91 Å². The smallest absolute Gasteiger partial charge is 0.223 e. The van der Waals surface area contributed by atoms with Gasteiger partial charge in [0.15, 0.2) is 0 Å². The molecule has 0 aliphatic heterocycles. The van der Waals surface area contributed by atoms with E-state index in [1.165, 1.54) is 0 Å². The van der Waals surface area contributed by atoms with Gasteiger partial charge in [0.05, 0.1) is 19.6 Å². The van der Waals surface area contributed by atoms with Gasteiger partial charge in [0, 0.05) is 19.2 Å². The molecular formula is C16H26N2O3. The second-order valence-electron chi connectivity index (χ2n) is 5.07. The molecule has 3 N–H and O–H groups in total. The first-order valence-electron chi connectivity index (χ1n) is 7.41. The molecule has 21 heavy (non-hydrogen) atoms. The van der Waals surface area contributed by atoms with Crippen molar-refractivity contribution in [3.63, 3.8) is 0 Å². The van der Waals surface area contributed by atoms with Crippen LogP contribution in [0.2, 0.25) is 0 Å². The summed E-state index contributed by atoms with van der Waals surface area (Å²) >= 11 is 0. The van der Waals surface area contributed by atoms with Gasteiger partial charge in [-0.25, -0.2) is 0 Å². The Hall–Kier alpha value is -1.75. The molecule has 0 bridgehead atoms. The predicted octanol–water partition coefficient (Wildman–Crippen LogP) is 1.88. The number of nitrogens with two attached hydrogens (primary N) is 1. The lowest BCUT2D eigenvalue weighted by Crippen LogP contribution is -2.21. The molecule has 0 heterocycles. The molecular weight excluding hydrogens is 268 g/mol. The molecule has 5 heteroatoms. The first-order chi connectivity index (χ1) is 10.1. The Kier molecular flexibility index (Phi) is 7.61. The molecule has 0 spiro atoms. The highest BCUT2D eigenvalue weighted by atomic mass is 16.5. The molecule has 1 rings (SSSR count). The van der Waals surface area contributed by atoms with Crippen molar-refractivity contribution in [1.82, 2.24) is 5.32 Å². The van der Waals surface area contributed by atoms with E-state index in [0.29, 0.717) is 19.6 Å². The molecule has 5 nitrogen and oxygen atoms in total. The number of amides is 1. The molecule has 1 unspecified atom stereocenters. The van der Waals surface area contributed by atoms with Crippen LogP contribution in [-0.4, -0.2) is 32.2 Å². The number of carbonyl (C=O) groups excluding carboxylic acids is 1. The van der Waals surface area contributed by atoms with E-state index < -0.39 is 0 Å². The molecule has 1 amide bonds. The minimum atomic E-state index is -0.0397. The van der Waals surface area contributed by atoms with E-state index in [9.17, 15) is 4.79 Å². The van der Waals surface area contributed by atoms with Crippen LogP contribution in [0, 0.1) is 0 Å². The third kappa shape index (κ3) is 6.49. The predicted molar refractivity (Wildman–Crippen MR) is 83.8 cm³/mol. The van der Waals surface area contributed by atoms with Crippen LogP contribution in [-0.2, 0) is 11.2 Å². The van der Waals surface area contributed by atoms with Gasteiger partial charge in [-0.1, -0.05) is 13.0 Å². The molecule has 0 aromatic heterocycles. The molecule has 0 aliphatic rings. The van der Waals surface area contributed by atoms with Crippen LogP contribution >= 0.6 is 0 Å². The number of benzene rings is 1. The van der Waals surface area contributed by atoms with Gasteiger partial charge in [0.1, 0.15) is 11.5 Å². The van der Waals surface area contributed by atoms with E-state index in [2.05, 4.69) is 12.2 Å². The zero-order valence-corrected chi connectivity index (χ0v) is 13.1. The van der Waals surface area contributed by atoms with Crippen LogP contribution in [0.3, 0.4) is 0 Å². The molecule has 1 atom stereocenters. The summed E-state index contributed by atoms with van der Waals surface area (Å²) in [6.45, 7) is 5.02. The third-order valence-electron chi connectivity index (χ3n) is 2.92. The van der Waals surface area contributed by atoms with Gasteiger partial charge >= 0.3 is 0 Å². The maximum absolute atomic E-state index is 11.2. The maximum Gasteiger partial charge on any atom is 0.223 e. The van der Waals surface area contributed by atoms with Crippen molar-refractivity contribution in [2.45, 2.75) is 39.2 Å². The van der Waals surface area contributed by atoms with Crippen LogP contribution in [0.5, 0.6) is 11.5 Å². The second kappa shape index (κ2) is 9.23. The SMILES string of the molecule is CCCOc1ccc(CC(C)N)c(OCCC(=O)NC)c1. The first kappa shape index (κ1) is 17.3. The third-order valence-corrected chi connectivity index (χ3v) is 2.92. The van der Waals surface area contributed by atoms with E-state index >= 15 is 0 Å². The minimum absolute atomic E-state index is 0.0397. The van der Waals surface area contributed by atoms with E-state index in [0.717, 1.165) is 29.9 Å². The molecule has 0 saturated heterocycles. The van der Waals surface area contributed by atoms with Gasteiger partial charge in [0.25, 0.3) is 0 Å². The Bertz CT molecular complexity index is 447. The van der Waals surface area contributed by atoms with Crippen molar-refractivity contribution >= 4 is 5.91 Å². The average Bonchev–Trinajstić information content (AvgIpc) is 2.46. The fraction of sp³-hybridized carbons (Fsp3) is 0.562. The van der Waals surface area contributed by atoms with E-state index in [-0.39, 0.29) is 11.9 Å². The monoisotopic (exact) mass is 294 g/mol. The Balaban J connectivity index is 2.75. The standard InChI is InChI=1S/C16H26N2O3/c1-4-8-20-14-6-5-13(10-12(2)17)15(11-14)21-9-7-16(19)18-3/h5-6,11-12H,4,7-10,17H2,1-3H3,(H,18,19). The molecule has 118 valence electrons. The van der Waals surface area contributed by atoms with E-state index in [1.807, 2.05) is 25.1 Å². The molecule has 0 radical (unpaired) electrons.